The Morgan fingerprint density at radius 3 is 2.55 bits per heavy atom. The standard InChI is InChI=1S/C24H27NO5S/c1-2-3-15-30-21-10-12-22(13-11-21)31(28,29)16-14-19-9-8-18-6-4-5-7-20(18)17-23(19)24(26)25-27/h4-7,10-13,19,23,27H,8-9,14-17H2,1H3,(H,25,26). The smallest absolute Gasteiger partial charge is 0.247 e. The number of hydrogen-bond donors (Lipinski definition) is 2. The second kappa shape index (κ2) is 10.5. The molecule has 0 bridgehead atoms. The number of ether oxygens (including phenoxy) is 1. The largest absolute Gasteiger partial charge is 0.481 e. The van der Waals surface area contributed by atoms with Crippen LogP contribution in [0.2, 0.25) is 0 Å². The summed E-state index contributed by atoms with van der Waals surface area (Å²) < 4.78 is 31.2. The minimum absolute atomic E-state index is 0.0647. The van der Waals surface area contributed by atoms with E-state index in [-0.39, 0.29) is 23.2 Å². The average Bonchev–Trinajstić information content (AvgIpc) is 2.97. The van der Waals surface area contributed by atoms with Gasteiger partial charge in [0.1, 0.15) is 12.4 Å². The van der Waals surface area contributed by atoms with Crippen molar-refractivity contribution >= 4 is 15.7 Å². The Labute approximate surface area is 183 Å². The molecular formula is C24H27NO5S. The summed E-state index contributed by atoms with van der Waals surface area (Å²) >= 11 is 0. The molecule has 0 aromatic heterocycles. The summed E-state index contributed by atoms with van der Waals surface area (Å²) in [6.45, 7) is 1.97. The Balaban J connectivity index is 1.70. The van der Waals surface area contributed by atoms with Crippen LogP contribution in [0, 0.1) is 23.7 Å². The van der Waals surface area contributed by atoms with Crippen molar-refractivity contribution in [2.45, 2.75) is 37.5 Å². The molecule has 0 saturated heterocycles. The second-order valence-electron chi connectivity index (χ2n) is 7.65. The zero-order valence-electron chi connectivity index (χ0n) is 17.5. The summed E-state index contributed by atoms with van der Waals surface area (Å²) in [6, 6.07) is 14.2. The van der Waals surface area contributed by atoms with Crippen molar-refractivity contribution in [3.8, 4) is 17.6 Å². The van der Waals surface area contributed by atoms with E-state index in [0.29, 0.717) is 25.0 Å². The number of aryl methyl sites for hydroxylation is 1. The van der Waals surface area contributed by atoms with Crippen LogP contribution in [0.15, 0.2) is 53.4 Å². The molecule has 1 amide bonds. The van der Waals surface area contributed by atoms with Gasteiger partial charge in [0.25, 0.3) is 0 Å². The lowest BCUT2D eigenvalue weighted by molar-refractivity contribution is -0.135. The van der Waals surface area contributed by atoms with Gasteiger partial charge in [-0.15, -0.1) is 5.92 Å². The van der Waals surface area contributed by atoms with Crippen molar-refractivity contribution in [2.24, 2.45) is 11.8 Å². The van der Waals surface area contributed by atoms with Crippen LogP contribution in [0.3, 0.4) is 0 Å². The van der Waals surface area contributed by atoms with E-state index in [1.807, 2.05) is 24.3 Å². The lowest BCUT2D eigenvalue weighted by atomic mass is 9.84. The molecule has 2 unspecified atom stereocenters. The Morgan fingerprint density at radius 2 is 1.87 bits per heavy atom. The molecule has 2 aromatic carbocycles. The Hall–Kier alpha value is -2.82. The molecule has 0 spiro atoms. The van der Waals surface area contributed by atoms with Gasteiger partial charge >= 0.3 is 0 Å². The van der Waals surface area contributed by atoms with E-state index < -0.39 is 21.7 Å². The van der Waals surface area contributed by atoms with Crippen molar-refractivity contribution in [3.05, 3.63) is 59.7 Å². The zero-order chi connectivity index (χ0) is 22.3. The maximum absolute atomic E-state index is 12.9. The highest BCUT2D eigenvalue weighted by molar-refractivity contribution is 7.91. The van der Waals surface area contributed by atoms with E-state index in [1.165, 1.54) is 17.7 Å². The summed E-state index contributed by atoms with van der Waals surface area (Å²) in [4.78, 5) is 12.6. The molecule has 3 rings (SSSR count). The predicted octanol–water partition coefficient (Wildman–Crippen LogP) is 3.18. The van der Waals surface area contributed by atoms with Gasteiger partial charge in [-0.3, -0.25) is 10.0 Å². The van der Waals surface area contributed by atoms with Gasteiger partial charge in [-0.05, 0) is 73.9 Å². The van der Waals surface area contributed by atoms with E-state index in [1.54, 1.807) is 24.5 Å². The summed E-state index contributed by atoms with van der Waals surface area (Å²) in [6.07, 6.45) is 2.30. The Bertz CT molecular complexity index is 1070. The summed E-state index contributed by atoms with van der Waals surface area (Å²) in [5, 5.41) is 9.22. The summed E-state index contributed by atoms with van der Waals surface area (Å²) in [7, 11) is -3.51. The van der Waals surface area contributed by atoms with Gasteiger partial charge in [0, 0.05) is 5.92 Å². The van der Waals surface area contributed by atoms with E-state index in [2.05, 4.69) is 11.8 Å². The number of sulfone groups is 1. The van der Waals surface area contributed by atoms with Gasteiger partial charge in [-0.25, -0.2) is 13.9 Å². The molecule has 0 radical (unpaired) electrons. The van der Waals surface area contributed by atoms with Crippen LogP contribution in [-0.2, 0) is 27.5 Å². The number of carbonyl (C=O) groups is 1. The average molecular weight is 442 g/mol. The molecule has 6 nitrogen and oxygen atoms in total. The lowest BCUT2D eigenvalue weighted by Crippen LogP contribution is -2.35. The van der Waals surface area contributed by atoms with E-state index in [0.717, 1.165) is 12.0 Å². The quantitative estimate of drug-likeness (QED) is 0.298. The fourth-order valence-electron chi connectivity index (χ4n) is 4.04. The molecule has 1 aliphatic rings. The van der Waals surface area contributed by atoms with Crippen LogP contribution in [-0.4, -0.2) is 31.9 Å². The first-order chi connectivity index (χ1) is 14.9. The number of fused-ring (bicyclic) bond motifs is 1. The first kappa shape index (κ1) is 22.9. The number of hydrogen-bond acceptors (Lipinski definition) is 5. The molecule has 0 aliphatic heterocycles. The number of amides is 1. The van der Waals surface area contributed by atoms with Crippen LogP contribution >= 0.6 is 0 Å². The number of benzene rings is 2. The van der Waals surface area contributed by atoms with Gasteiger partial charge in [-0.1, -0.05) is 30.2 Å². The predicted molar refractivity (Wildman–Crippen MR) is 117 cm³/mol. The molecular weight excluding hydrogens is 414 g/mol. The SMILES string of the molecule is CC#CCOc1ccc(S(=O)(=O)CCC2CCc3ccccc3CC2C(=O)NO)cc1. The molecule has 2 N–H and O–H groups in total. The van der Waals surface area contributed by atoms with Crippen LogP contribution in [0.1, 0.15) is 30.9 Å². The van der Waals surface area contributed by atoms with E-state index in [4.69, 9.17) is 4.74 Å². The normalized spacial score (nSPS) is 18.1. The van der Waals surface area contributed by atoms with Crippen LogP contribution < -0.4 is 10.2 Å². The minimum Gasteiger partial charge on any atom is -0.481 e. The van der Waals surface area contributed by atoms with Gasteiger partial charge in [0.15, 0.2) is 9.84 Å². The zero-order valence-corrected chi connectivity index (χ0v) is 18.3. The molecule has 0 saturated carbocycles. The second-order valence-corrected chi connectivity index (χ2v) is 9.76. The van der Waals surface area contributed by atoms with Crippen molar-refractivity contribution in [1.82, 2.24) is 5.48 Å². The van der Waals surface area contributed by atoms with Gasteiger partial charge < -0.3 is 4.74 Å². The number of rotatable bonds is 7. The first-order valence-corrected chi connectivity index (χ1v) is 12.0. The highest BCUT2D eigenvalue weighted by Crippen LogP contribution is 2.32. The van der Waals surface area contributed by atoms with E-state index >= 15 is 0 Å². The monoisotopic (exact) mass is 441 g/mol. The fourth-order valence-corrected chi connectivity index (χ4v) is 5.44. The van der Waals surface area contributed by atoms with Crippen molar-refractivity contribution < 1.29 is 23.2 Å². The van der Waals surface area contributed by atoms with Gasteiger partial charge in [0.05, 0.1) is 10.6 Å². The van der Waals surface area contributed by atoms with Gasteiger partial charge in [0.2, 0.25) is 5.91 Å². The number of nitrogens with one attached hydrogen (secondary N) is 1. The van der Waals surface area contributed by atoms with E-state index in [9.17, 15) is 18.4 Å². The maximum Gasteiger partial charge on any atom is 0.247 e. The van der Waals surface area contributed by atoms with Crippen LogP contribution in [0.4, 0.5) is 0 Å². The maximum atomic E-state index is 12.9. The molecule has 164 valence electrons. The molecule has 1 aliphatic carbocycles. The summed E-state index contributed by atoms with van der Waals surface area (Å²) in [5.74, 6) is 4.93. The minimum atomic E-state index is -3.51. The van der Waals surface area contributed by atoms with Gasteiger partial charge in [-0.2, -0.15) is 0 Å². The molecule has 0 heterocycles. The topological polar surface area (TPSA) is 92.7 Å². The third-order valence-electron chi connectivity index (χ3n) is 5.79. The molecule has 31 heavy (non-hydrogen) atoms. The van der Waals surface area contributed by atoms with Crippen molar-refractivity contribution in [3.63, 3.8) is 0 Å². The van der Waals surface area contributed by atoms with Crippen LogP contribution in [0.5, 0.6) is 5.75 Å². The number of hydroxylamine groups is 1. The fraction of sp³-hybridized carbons (Fsp3) is 0.375. The molecule has 2 atom stereocenters. The van der Waals surface area contributed by atoms with Crippen LogP contribution in [0.25, 0.3) is 0 Å². The third-order valence-corrected chi connectivity index (χ3v) is 7.55. The lowest BCUT2D eigenvalue weighted by Gasteiger charge is -2.23. The summed E-state index contributed by atoms with van der Waals surface area (Å²) in [5.41, 5.74) is 4.01. The molecule has 7 heteroatoms. The molecule has 2 aromatic rings. The Kier molecular flexibility index (Phi) is 7.72. The van der Waals surface area contributed by atoms with Crippen molar-refractivity contribution in [1.29, 1.82) is 0 Å². The third kappa shape index (κ3) is 5.87. The number of carbonyl (C=O) groups excluding carboxylic acids is 1. The molecule has 0 fully saturated rings. The first-order valence-electron chi connectivity index (χ1n) is 10.3. The highest BCUT2D eigenvalue weighted by Gasteiger charge is 2.32. The van der Waals surface area contributed by atoms with Crippen molar-refractivity contribution in [2.75, 3.05) is 12.4 Å². The Morgan fingerprint density at radius 1 is 1.16 bits per heavy atom. The highest BCUT2D eigenvalue weighted by atomic mass is 32.2.